The van der Waals surface area contributed by atoms with Gasteiger partial charge in [0.1, 0.15) is 22.9 Å². The second-order valence-corrected chi connectivity index (χ2v) is 7.80. The van der Waals surface area contributed by atoms with Crippen LogP contribution >= 0.6 is 11.9 Å². The van der Waals surface area contributed by atoms with E-state index in [0.717, 1.165) is 4.57 Å². The van der Waals surface area contributed by atoms with Crippen LogP contribution in [0, 0.1) is 5.92 Å². The second kappa shape index (κ2) is 13.2. The molecule has 3 amide bonds. The predicted octanol–water partition coefficient (Wildman–Crippen LogP) is -1.00. The van der Waals surface area contributed by atoms with Gasteiger partial charge < -0.3 is 31.0 Å². The molecule has 1 atom stereocenters. The lowest BCUT2D eigenvalue weighted by molar-refractivity contribution is -0.137. The highest BCUT2D eigenvalue weighted by molar-refractivity contribution is 8.01. The maximum absolute atomic E-state index is 12.9. The fourth-order valence-corrected chi connectivity index (χ4v) is 3.15. The van der Waals surface area contributed by atoms with E-state index in [0.29, 0.717) is 18.2 Å². The Morgan fingerprint density at radius 1 is 1.21 bits per heavy atom. The average Bonchev–Trinajstić information content (AvgIpc) is 2.78. The Morgan fingerprint density at radius 2 is 1.88 bits per heavy atom. The van der Waals surface area contributed by atoms with Gasteiger partial charge in [0.05, 0.1) is 6.54 Å². The molecule has 0 fully saturated rings. The molecule has 0 radical (unpaired) electrons. The minimum absolute atomic E-state index is 0.00604. The van der Waals surface area contributed by atoms with Gasteiger partial charge in [0.15, 0.2) is 0 Å². The normalized spacial score (nSPS) is 12.4. The molecule has 13 heteroatoms. The van der Waals surface area contributed by atoms with Crippen LogP contribution in [0.25, 0.3) is 0 Å². The van der Waals surface area contributed by atoms with E-state index in [9.17, 15) is 28.8 Å². The van der Waals surface area contributed by atoms with Gasteiger partial charge in [0, 0.05) is 25.4 Å². The fourth-order valence-electron chi connectivity index (χ4n) is 2.61. The molecule has 0 spiro atoms. The van der Waals surface area contributed by atoms with Crippen molar-refractivity contribution in [1.29, 1.82) is 0 Å². The Kier molecular flexibility index (Phi) is 11.0. The molecule has 1 aromatic rings. The molecule has 1 aromatic heterocycles. The van der Waals surface area contributed by atoms with Crippen molar-refractivity contribution in [3.63, 3.8) is 0 Å². The molecule has 0 saturated heterocycles. The van der Waals surface area contributed by atoms with Crippen LogP contribution in [0.3, 0.4) is 0 Å². The van der Waals surface area contributed by atoms with Crippen molar-refractivity contribution in [2.45, 2.75) is 39.3 Å². The van der Waals surface area contributed by atoms with Gasteiger partial charge in [-0.3, -0.25) is 29.1 Å². The van der Waals surface area contributed by atoms with E-state index in [-0.39, 0.29) is 41.6 Å². The Morgan fingerprint density at radius 3 is 2.42 bits per heavy atom. The van der Waals surface area contributed by atoms with Gasteiger partial charge in [-0.05, 0) is 36.4 Å². The van der Waals surface area contributed by atoms with Gasteiger partial charge in [0.25, 0.3) is 17.4 Å². The Labute approximate surface area is 194 Å². The first-order chi connectivity index (χ1) is 15.6. The quantitative estimate of drug-likeness (QED) is 0.108. The van der Waals surface area contributed by atoms with E-state index in [2.05, 4.69) is 16.0 Å². The number of nitrogens with two attached hydrogens (primary N) is 2. The highest BCUT2D eigenvalue weighted by Crippen LogP contribution is 2.18. The number of anilines is 1. The smallest absolute Gasteiger partial charge is 0.287 e. The standard InChI is InChI=1S/C20H28N6O6S/c1-11(2)15(21)16(33-22)19(31)24-12(6-7-14(28)18(30)23-3)17(29)25-13-5-4-8-26(9-10-27)20(13)32/h4-5,8,10-12H,6-7,9,21-22H2,1-3H3,(H,23,30)(H,24,31)(H,25,29)/b16-15-. The van der Waals surface area contributed by atoms with Gasteiger partial charge in [-0.1, -0.05) is 13.8 Å². The van der Waals surface area contributed by atoms with Crippen LogP contribution in [-0.2, 0) is 30.5 Å². The van der Waals surface area contributed by atoms with E-state index in [1.807, 2.05) is 0 Å². The van der Waals surface area contributed by atoms with Crippen molar-refractivity contribution in [2.75, 3.05) is 12.4 Å². The number of hydrogen-bond donors (Lipinski definition) is 5. The first-order valence-corrected chi connectivity index (χ1v) is 10.8. The molecule has 33 heavy (non-hydrogen) atoms. The summed E-state index contributed by atoms with van der Waals surface area (Å²) < 4.78 is 1.08. The third-order valence-electron chi connectivity index (χ3n) is 4.52. The number of Topliss-reactive ketones (excluding diaryl/α,β-unsaturated/α-hetero) is 1. The third kappa shape index (κ3) is 7.88. The van der Waals surface area contributed by atoms with Crippen molar-refractivity contribution >= 4 is 47.4 Å². The number of pyridine rings is 1. The largest absolute Gasteiger partial charge is 0.401 e. The van der Waals surface area contributed by atoms with Crippen molar-refractivity contribution in [2.24, 2.45) is 16.8 Å². The molecule has 0 aromatic carbocycles. The van der Waals surface area contributed by atoms with E-state index >= 15 is 0 Å². The van der Waals surface area contributed by atoms with Crippen molar-refractivity contribution < 1.29 is 24.0 Å². The van der Waals surface area contributed by atoms with Crippen LogP contribution in [0.15, 0.2) is 33.7 Å². The fraction of sp³-hybridized carbons (Fsp3) is 0.400. The van der Waals surface area contributed by atoms with Crippen molar-refractivity contribution in [3.05, 3.63) is 39.3 Å². The van der Waals surface area contributed by atoms with Gasteiger partial charge in [-0.25, -0.2) is 0 Å². The molecule has 0 aliphatic carbocycles. The molecule has 0 aliphatic heterocycles. The number of likely N-dealkylation sites (N-methyl/N-ethyl adjacent to an activating group) is 1. The number of rotatable bonds is 12. The average molecular weight is 481 g/mol. The summed E-state index contributed by atoms with van der Waals surface area (Å²) in [5, 5.41) is 12.6. The lowest BCUT2D eigenvalue weighted by Crippen LogP contribution is -2.46. The molecule has 180 valence electrons. The predicted molar refractivity (Wildman–Crippen MR) is 123 cm³/mol. The number of aldehydes is 1. The number of hydrogen-bond acceptors (Lipinski definition) is 9. The Hall–Kier alpha value is -3.45. The zero-order valence-electron chi connectivity index (χ0n) is 18.5. The first-order valence-electron chi connectivity index (χ1n) is 9.93. The number of nitrogens with zero attached hydrogens (tertiary/aromatic N) is 1. The summed E-state index contributed by atoms with van der Waals surface area (Å²) in [6.45, 7) is 3.30. The van der Waals surface area contributed by atoms with E-state index in [1.165, 1.54) is 25.4 Å². The number of carbonyl (C=O) groups excluding carboxylic acids is 5. The molecule has 0 bridgehead atoms. The van der Waals surface area contributed by atoms with Crippen LogP contribution in [0.5, 0.6) is 0 Å². The number of ketones is 1. The Bertz CT molecular complexity index is 1000. The van der Waals surface area contributed by atoms with Crippen molar-refractivity contribution in [1.82, 2.24) is 15.2 Å². The van der Waals surface area contributed by atoms with Gasteiger partial charge in [-0.15, -0.1) is 0 Å². The number of carbonyl (C=O) groups is 5. The zero-order valence-corrected chi connectivity index (χ0v) is 19.4. The number of allylic oxidation sites excluding steroid dienone is 1. The van der Waals surface area contributed by atoms with Crippen LogP contribution in [0.2, 0.25) is 0 Å². The van der Waals surface area contributed by atoms with Crippen molar-refractivity contribution in [3.8, 4) is 0 Å². The maximum Gasteiger partial charge on any atom is 0.287 e. The number of aromatic nitrogens is 1. The molecule has 0 saturated carbocycles. The topological polar surface area (TPSA) is 195 Å². The lowest BCUT2D eigenvalue weighted by Gasteiger charge is -2.20. The molecular formula is C20H28N6O6S. The second-order valence-electron chi connectivity index (χ2n) is 7.16. The molecule has 1 rings (SSSR count). The highest BCUT2D eigenvalue weighted by Gasteiger charge is 2.26. The van der Waals surface area contributed by atoms with Gasteiger partial charge >= 0.3 is 0 Å². The summed E-state index contributed by atoms with van der Waals surface area (Å²) in [5.41, 5.74) is 5.37. The monoisotopic (exact) mass is 480 g/mol. The summed E-state index contributed by atoms with van der Waals surface area (Å²) in [7, 11) is 1.29. The SMILES string of the molecule is CNC(=O)C(=O)CCC(NC(=O)/C(SN)=C(/N)C(C)C)C(=O)Nc1cccn(CC=O)c1=O. The number of amides is 3. The van der Waals surface area contributed by atoms with Crippen LogP contribution in [0.4, 0.5) is 5.69 Å². The summed E-state index contributed by atoms with van der Waals surface area (Å²) >= 11 is 0.608. The molecule has 1 unspecified atom stereocenters. The highest BCUT2D eigenvalue weighted by atomic mass is 32.2. The molecule has 7 N–H and O–H groups in total. The Balaban J connectivity index is 3.19. The summed E-state index contributed by atoms with van der Waals surface area (Å²) in [4.78, 5) is 72.2. The lowest BCUT2D eigenvalue weighted by atomic mass is 10.1. The maximum atomic E-state index is 12.9. The van der Waals surface area contributed by atoms with Crippen LogP contribution < -0.4 is 32.4 Å². The summed E-state index contributed by atoms with van der Waals surface area (Å²) in [6, 6.07) is 1.49. The minimum Gasteiger partial charge on any atom is -0.401 e. The number of nitrogens with one attached hydrogen (secondary N) is 3. The zero-order chi connectivity index (χ0) is 25.1. The van der Waals surface area contributed by atoms with E-state index in [4.69, 9.17) is 10.9 Å². The van der Waals surface area contributed by atoms with Crippen LogP contribution in [0.1, 0.15) is 26.7 Å². The molecule has 0 aliphatic rings. The van der Waals surface area contributed by atoms with E-state index in [1.54, 1.807) is 13.8 Å². The summed E-state index contributed by atoms with van der Waals surface area (Å²) in [5.74, 6) is -3.39. The van der Waals surface area contributed by atoms with E-state index < -0.39 is 35.1 Å². The van der Waals surface area contributed by atoms with Crippen LogP contribution in [-0.4, -0.2) is 47.4 Å². The molecule has 1 heterocycles. The molecule has 12 nitrogen and oxygen atoms in total. The minimum atomic E-state index is -1.30. The summed E-state index contributed by atoms with van der Waals surface area (Å²) in [6.07, 6.45) is 1.32. The third-order valence-corrected chi connectivity index (χ3v) is 5.18. The van der Waals surface area contributed by atoms with Gasteiger partial charge in [0.2, 0.25) is 11.7 Å². The van der Waals surface area contributed by atoms with Gasteiger partial charge in [-0.2, -0.15) is 0 Å². The molecular weight excluding hydrogens is 452 g/mol. The first kappa shape index (κ1) is 27.6.